The standard InChI is InChI=1S/C8H14O3/c1-8(11)5-3-2-4-6(8)7(9)10/h6,11H,2-5H2,1H3,(H,9,10). The first-order chi connectivity index (χ1) is 5.04. The summed E-state index contributed by atoms with van der Waals surface area (Å²) < 4.78 is 0. The van der Waals surface area contributed by atoms with Crippen molar-refractivity contribution in [2.45, 2.75) is 38.2 Å². The summed E-state index contributed by atoms with van der Waals surface area (Å²) in [6.45, 7) is 1.62. The van der Waals surface area contributed by atoms with Crippen molar-refractivity contribution >= 4 is 5.97 Å². The summed E-state index contributed by atoms with van der Waals surface area (Å²) in [5.41, 5.74) is -0.982. The van der Waals surface area contributed by atoms with Crippen molar-refractivity contribution < 1.29 is 15.0 Å². The summed E-state index contributed by atoms with van der Waals surface area (Å²) >= 11 is 0. The number of hydrogen-bond acceptors (Lipinski definition) is 2. The number of carbonyl (C=O) groups is 1. The summed E-state index contributed by atoms with van der Waals surface area (Å²) in [5.74, 6) is -1.43. The molecule has 64 valence electrons. The monoisotopic (exact) mass is 158 g/mol. The van der Waals surface area contributed by atoms with Crippen LogP contribution in [0.15, 0.2) is 0 Å². The van der Waals surface area contributed by atoms with Gasteiger partial charge in [0.2, 0.25) is 0 Å². The van der Waals surface area contributed by atoms with Crippen molar-refractivity contribution in [2.75, 3.05) is 0 Å². The fourth-order valence-electron chi connectivity index (χ4n) is 1.71. The Kier molecular flexibility index (Phi) is 2.18. The van der Waals surface area contributed by atoms with Crippen molar-refractivity contribution in [1.82, 2.24) is 0 Å². The van der Waals surface area contributed by atoms with Crippen LogP contribution in [-0.4, -0.2) is 21.8 Å². The highest BCUT2D eigenvalue weighted by Gasteiger charge is 2.39. The number of carboxylic acids is 1. The van der Waals surface area contributed by atoms with Gasteiger partial charge in [-0.3, -0.25) is 4.79 Å². The topological polar surface area (TPSA) is 57.5 Å². The predicted octanol–water partition coefficient (Wildman–Crippen LogP) is 1.01. The third-order valence-electron chi connectivity index (χ3n) is 2.47. The largest absolute Gasteiger partial charge is 0.481 e. The van der Waals surface area contributed by atoms with Gasteiger partial charge < -0.3 is 10.2 Å². The second-order valence-corrected chi connectivity index (χ2v) is 3.49. The average molecular weight is 158 g/mol. The predicted molar refractivity (Wildman–Crippen MR) is 40.2 cm³/mol. The van der Waals surface area contributed by atoms with Gasteiger partial charge in [-0.05, 0) is 19.8 Å². The van der Waals surface area contributed by atoms with Gasteiger partial charge in [0.15, 0.2) is 0 Å². The van der Waals surface area contributed by atoms with Crippen LogP contribution in [0.2, 0.25) is 0 Å². The molecular weight excluding hydrogens is 144 g/mol. The fraction of sp³-hybridized carbons (Fsp3) is 0.875. The van der Waals surface area contributed by atoms with E-state index in [0.717, 1.165) is 12.8 Å². The summed E-state index contributed by atoms with van der Waals surface area (Å²) in [4.78, 5) is 10.6. The lowest BCUT2D eigenvalue weighted by atomic mass is 9.77. The first-order valence-electron chi connectivity index (χ1n) is 3.99. The first kappa shape index (κ1) is 8.53. The molecule has 2 atom stereocenters. The zero-order valence-electron chi connectivity index (χ0n) is 6.71. The molecule has 0 bridgehead atoms. The molecule has 0 aliphatic heterocycles. The van der Waals surface area contributed by atoms with E-state index in [1.165, 1.54) is 0 Å². The maximum Gasteiger partial charge on any atom is 0.309 e. The van der Waals surface area contributed by atoms with E-state index in [9.17, 15) is 9.90 Å². The van der Waals surface area contributed by atoms with Gasteiger partial charge in [0.05, 0.1) is 11.5 Å². The molecule has 2 N–H and O–H groups in total. The van der Waals surface area contributed by atoms with E-state index in [1.54, 1.807) is 6.92 Å². The van der Waals surface area contributed by atoms with Gasteiger partial charge in [-0.25, -0.2) is 0 Å². The SMILES string of the molecule is CC1(O)CCCCC1C(=O)O. The molecule has 0 spiro atoms. The van der Waals surface area contributed by atoms with Crippen LogP contribution in [-0.2, 0) is 4.79 Å². The Hall–Kier alpha value is -0.570. The van der Waals surface area contributed by atoms with Crippen LogP contribution in [0.3, 0.4) is 0 Å². The van der Waals surface area contributed by atoms with Crippen LogP contribution in [0, 0.1) is 5.92 Å². The van der Waals surface area contributed by atoms with E-state index in [2.05, 4.69) is 0 Å². The molecule has 1 aliphatic rings. The van der Waals surface area contributed by atoms with Crippen molar-refractivity contribution in [1.29, 1.82) is 0 Å². The van der Waals surface area contributed by atoms with Gasteiger partial charge in [-0.2, -0.15) is 0 Å². The molecule has 1 rings (SSSR count). The Balaban J connectivity index is 2.67. The number of carboxylic acid groups (broad SMARTS) is 1. The van der Waals surface area contributed by atoms with Crippen LogP contribution in [0.4, 0.5) is 0 Å². The second-order valence-electron chi connectivity index (χ2n) is 3.49. The molecule has 2 unspecified atom stereocenters. The Morgan fingerprint density at radius 1 is 1.55 bits per heavy atom. The van der Waals surface area contributed by atoms with E-state index in [1.807, 2.05) is 0 Å². The zero-order valence-corrected chi connectivity index (χ0v) is 6.71. The van der Waals surface area contributed by atoms with Gasteiger partial charge in [0.25, 0.3) is 0 Å². The third-order valence-corrected chi connectivity index (χ3v) is 2.47. The number of rotatable bonds is 1. The highest BCUT2D eigenvalue weighted by atomic mass is 16.4. The minimum atomic E-state index is -0.982. The van der Waals surface area contributed by atoms with Gasteiger partial charge in [0, 0.05) is 0 Å². The lowest BCUT2D eigenvalue weighted by Gasteiger charge is -2.33. The second kappa shape index (κ2) is 2.81. The molecular formula is C8H14O3. The minimum Gasteiger partial charge on any atom is -0.481 e. The van der Waals surface area contributed by atoms with Gasteiger partial charge in [-0.15, -0.1) is 0 Å². The van der Waals surface area contributed by atoms with Gasteiger partial charge in [-0.1, -0.05) is 12.8 Å². The third kappa shape index (κ3) is 1.71. The molecule has 0 saturated heterocycles. The Bertz CT molecular complexity index is 163. The van der Waals surface area contributed by atoms with Crippen molar-refractivity contribution in [3.8, 4) is 0 Å². The quantitative estimate of drug-likeness (QED) is 0.598. The van der Waals surface area contributed by atoms with E-state index in [4.69, 9.17) is 5.11 Å². The minimum absolute atomic E-state index is 0.559. The van der Waals surface area contributed by atoms with Crippen LogP contribution in [0.5, 0.6) is 0 Å². The molecule has 1 aliphatic carbocycles. The zero-order chi connectivity index (χ0) is 8.48. The van der Waals surface area contributed by atoms with Gasteiger partial charge in [0.1, 0.15) is 0 Å². The molecule has 0 amide bonds. The fourth-order valence-corrected chi connectivity index (χ4v) is 1.71. The van der Waals surface area contributed by atoms with Crippen molar-refractivity contribution in [3.05, 3.63) is 0 Å². The van der Waals surface area contributed by atoms with Crippen LogP contribution < -0.4 is 0 Å². The molecule has 0 heterocycles. The normalized spacial score (nSPS) is 38.5. The van der Waals surface area contributed by atoms with Crippen LogP contribution >= 0.6 is 0 Å². The first-order valence-corrected chi connectivity index (χ1v) is 3.99. The maximum absolute atomic E-state index is 10.6. The summed E-state index contributed by atoms with van der Waals surface area (Å²) in [6, 6.07) is 0. The molecule has 1 fully saturated rings. The van der Waals surface area contributed by atoms with Gasteiger partial charge >= 0.3 is 5.97 Å². The lowest BCUT2D eigenvalue weighted by molar-refractivity contribution is -0.154. The number of hydrogen-bond donors (Lipinski definition) is 2. The average Bonchev–Trinajstić information content (AvgIpc) is 1.85. The molecule has 11 heavy (non-hydrogen) atoms. The molecule has 0 aromatic heterocycles. The van der Waals surface area contributed by atoms with E-state index >= 15 is 0 Å². The molecule has 3 nitrogen and oxygen atoms in total. The summed E-state index contributed by atoms with van der Waals surface area (Å²) in [6.07, 6.45) is 3.09. The van der Waals surface area contributed by atoms with E-state index in [-0.39, 0.29) is 0 Å². The Morgan fingerprint density at radius 3 is 2.55 bits per heavy atom. The van der Waals surface area contributed by atoms with Crippen LogP contribution in [0.1, 0.15) is 32.6 Å². The lowest BCUT2D eigenvalue weighted by Crippen LogP contribution is -2.41. The Morgan fingerprint density at radius 2 is 2.18 bits per heavy atom. The molecule has 3 heteroatoms. The van der Waals surface area contributed by atoms with Crippen molar-refractivity contribution in [3.63, 3.8) is 0 Å². The number of aliphatic carboxylic acids is 1. The molecule has 1 saturated carbocycles. The highest BCUT2D eigenvalue weighted by Crippen LogP contribution is 2.33. The van der Waals surface area contributed by atoms with Crippen LogP contribution in [0.25, 0.3) is 0 Å². The molecule has 0 radical (unpaired) electrons. The number of aliphatic hydroxyl groups is 1. The van der Waals surface area contributed by atoms with E-state index < -0.39 is 17.5 Å². The molecule has 0 aromatic rings. The Labute approximate surface area is 66.0 Å². The maximum atomic E-state index is 10.6. The molecule has 0 aromatic carbocycles. The smallest absolute Gasteiger partial charge is 0.309 e. The van der Waals surface area contributed by atoms with Crippen molar-refractivity contribution in [2.24, 2.45) is 5.92 Å². The summed E-state index contributed by atoms with van der Waals surface area (Å²) in [5, 5.41) is 18.3. The highest BCUT2D eigenvalue weighted by molar-refractivity contribution is 5.71. The summed E-state index contributed by atoms with van der Waals surface area (Å²) in [7, 11) is 0. The van der Waals surface area contributed by atoms with E-state index in [0.29, 0.717) is 12.8 Å².